The Morgan fingerprint density at radius 3 is 2.67 bits per heavy atom. The van der Waals surface area contributed by atoms with Crippen molar-refractivity contribution in [3.63, 3.8) is 0 Å². The lowest BCUT2D eigenvalue weighted by molar-refractivity contribution is 0.172. The number of benzene rings is 1. The van der Waals surface area contributed by atoms with E-state index in [1.807, 2.05) is 31.2 Å². The highest BCUT2D eigenvalue weighted by molar-refractivity contribution is 5.32. The molecule has 84 valence electrons. The minimum absolute atomic E-state index is 0.370. The fourth-order valence-electron chi connectivity index (χ4n) is 1.44. The number of rotatable bonds is 5. The molecule has 0 aromatic heterocycles. The van der Waals surface area contributed by atoms with E-state index < -0.39 is 0 Å². The van der Waals surface area contributed by atoms with Crippen molar-refractivity contribution in [3.05, 3.63) is 29.8 Å². The zero-order valence-electron chi connectivity index (χ0n) is 9.62. The van der Waals surface area contributed by atoms with Crippen LogP contribution in [0.15, 0.2) is 24.3 Å². The summed E-state index contributed by atoms with van der Waals surface area (Å²) >= 11 is 0. The quantitative estimate of drug-likeness (QED) is 0.805. The summed E-state index contributed by atoms with van der Waals surface area (Å²) in [5.41, 5.74) is 6.91. The third-order valence-corrected chi connectivity index (χ3v) is 2.55. The summed E-state index contributed by atoms with van der Waals surface area (Å²) in [6.45, 7) is 2.66. The Hall–Kier alpha value is -1.06. The van der Waals surface area contributed by atoms with Gasteiger partial charge in [0.25, 0.3) is 0 Å². The molecule has 15 heavy (non-hydrogen) atoms. The summed E-state index contributed by atoms with van der Waals surface area (Å²) in [4.78, 5) is 0. The van der Waals surface area contributed by atoms with Crippen molar-refractivity contribution in [2.75, 3.05) is 20.8 Å². The standard InChI is InChI=1S/C12H19NO2/c1-12(13,7-8-14-2)10-5-4-6-11(9-10)15-3/h4-6,9H,7-8,13H2,1-3H3. The fraction of sp³-hybridized carbons (Fsp3) is 0.500. The van der Waals surface area contributed by atoms with Crippen molar-refractivity contribution < 1.29 is 9.47 Å². The van der Waals surface area contributed by atoms with Gasteiger partial charge in [0.05, 0.1) is 7.11 Å². The summed E-state index contributed by atoms with van der Waals surface area (Å²) in [6, 6.07) is 7.84. The van der Waals surface area contributed by atoms with Gasteiger partial charge in [-0.2, -0.15) is 0 Å². The first-order chi connectivity index (χ1) is 7.10. The maximum atomic E-state index is 6.21. The molecule has 0 amide bonds. The maximum absolute atomic E-state index is 6.21. The monoisotopic (exact) mass is 209 g/mol. The van der Waals surface area contributed by atoms with E-state index in [0.717, 1.165) is 17.7 Å². The molecule has 3 heteroatoms. The Labute approximate surface area is 91.2 Å². The van der Waals surface area contributed by atoms with Crippen LogP contribution in [-0.2, 0) is 10.3 Å². The summed E-state index contributed by atoms with van der Waals surface area (Å²) < 4.78 is 10.2. The largest absolute Gasteiger partial charge is 0.497 e. The lowest BCUT2D eigenvalue weighted by Crippen LogP contribution is -2.34. The van der Waals surface area contributed by atoms with Gasteiger partial charge in [0.15, 0.2) is 0 Å². The van der Waals surface area contributed by atoms with Crippen molar-refractivity contribution >= 4 is 0 Å². The van der Waals surface area contributed by atoms with Gasteiger partial charge in [-0.1, -0.05) is 12.1 Å². The van der Waals surface area contributed by atoms with Crippen LogP contribution in [0.5, 0.6) is 5.75 Å². The average Bonchev–Trinajstić information content (AvgIpc) is 2.26. The predicted molar refractivity (Wildman–Crippen MR) is 61.0 cm³/mol. The summed E-state index contributed by atoms with van der Waals surface area (Å²) in [5, 5.41) is 0. The van der Waals surface area contributed by atoms with E-state index >= 15 is 0 Å². The van der Waals surface area contributed by atoms with Crippen LogP contribution in [-0.4, -0.2) is 20.8 Å². The molecule has 0 aliphatic heterocycles. The van der Waals surface area contributed by atoms with Gasteiger partial charge in [0.1, 0.15) is 5.75 Å². The molecule has 0 fully saturated rings. The molecule has 1 aromatic rings. The molecule has 0 bridgehead atoms. The zero-order valence-corrected chi connectivity index (χ0v) is 9.62. The molecule has 1 aromatic carbocycles. The topological polar surface area (TPSA) is 44.5 Å². The van der Waals surface area contributed by atoms with Gasteiger partial charge in [0.2, 0.25) is 0 Å². The number of hydrogen-bond acceptors (Lipinski definition) is 3. The molecule has 0 saturated carbocycles. The predicted octanol–water partition coefficient (Wildman–Crippen LogP) is 1.91. The molecule has 1 rings (SSSR count). The molecule has 0 heterocycles. The molecular formula is C12H19NO2. The number of hydrogen-bond donors (Lipinski definition) is 1. The van der Waals surface area contributed by atoms with Crippen molar-refractivity contribution in [3.8, 4) is 5.75 Å². The lowest BCUT2D eigenvalue weighted by Gasteiger charge is -2.25. The first-order valence-corrected chi connectivity index (χ1v) is 5.02. The van der Waals surface area contributed by atoms with E-state index in [9.17, 15) is 0 Å². The Morgan fingerprint density at radius 1 is 1.33 bits per heavy atom. The molecule has 3 nitrogen and oxygen atoms in total. The van der Waals surface area contributed by atoms with Crippen LogP contribution < -0.4 is 10.5 Å². The Morgan fingerprint density at radius 2 is 2.07 bits per heavy atom. The highest BCUT2D eigenvalue weighted by atomic mass is 16.5. The van der Waals surface area contributed by atoms with E-state index in [4.69, 9.17) is 15.2 Å². The first-order valence-electron chi connectivity index (χ1n) is 5.02. The van der Waals surface area contributed by atoms with Crippen LogP contribution in [0.1, 0.15) is 18.9 Å². The normalized spacial score (nSPS) is 14.7. The number of methoxy groups -OCH3 is 2. The second kappa shape index (κ2) is 5.14. The molecular weight excluding hydrogens is 190 g/mol. The Balaban J connectivity index is 2.83. The van der Waals surface area contributed by atoms with Gasteiger partial charge < -0.3 is 15.2 Å². The molecule has 1 unspecified atom stereocenters. The molecule has 1 atom stereocenters. The van der Waals surface area contributed by atoms with Gasteiger partial charge in [-0.3, -0.25) is 0 Å². The number of ether oxygens (including phenoxy) is 2. The van der Waals surface area contributed by atoms with Crippen molar-refractivity contribution in [1.82, 2.24) is 0 Å². The number of nitrogens with two attached hydrogens (primary N) is 1. The van der Waals surface area contributed by atoms with Crippen LogP contribution in [0, 0.1) is 0 Å². The van der Waals surface area contributed by atoms with E-state index in [1.165, 1.54) is 0 Å². The minimum Gasteiger partial charge on any atom is -0.497 e. The van der Waals surface area contributed by atoms with Gasteiger partial charge >= 0.3 is 0 Å². The summed E-state index contributed by atoms with van der Waals surface area (Å²) in [6.07, 6.45) is 0.788. The van der Waals surface area contributed by atoms with Crippen LogP contribution in [0.4, 0.5) is 0 Å². The average molecular weight is 209 g/mol. The Bertz CT molecular complexity index is 310. The summed E-state index contributed by atoms with van der Waals surface area (Å²) in [7, 11) is 3.34. The maximum Gasteiger partial charge on any atom is 0.119 e. The van der Waals surface area contributed by atoms with Gasteiger partial charge in [0, 0.05) is 19.3 Å². The highest BCUT2D eigenvalue weighted by Crippen LogP contribution is 2.24. The van der Waals surface area contributed by atoms with Crippen molar-refractivity contribution in [2.45, 2.75) is 18.9 Å². The van der Waals surface area contributed by atoms with E-state index in [1.54, 1.807) is 14.2 Å². The third-order valence-electron chi connectivity index (χ3n) is 2.55. The molecule has 0 radical (unpaired) electrons. The smallest absolute Gasteiger partial charge is 0.119 e. The van der Waals surface area contributed by atoms with Crippen LogP contribution in [0.25, 0.3) is 0 Å². The molecule has 2 N–H and O–H groups in total. The molecule has 0 saturated heterocycles. The SMILES string of the molecule is COCCC(C)(N)c1cccc(OC)c1. The third kappa shape index (κ3) is 3.22. The first kappa shape index (κ1) is 12.0. The van der Waals surface area contributed by atoms with Crippen molar-refractivity contribution in [2.24, 2.45) is 5.73 Å². The van der Waals surface area contributed by atoms with Crippen LogP contribution in [0.3, 0.4) is 0 Å². The van der Waals surface area contributed by atoms with Crippen LogP contribution >= 0.6 is 0 Å². The van der Waals surface area contributed by atoms with E-state index in [-0.39, 0.29) is 5.54 Å². The molecule has 0 spiro atoms. The van der Waals surface area contributed by atoms with E-state index in [0.29, 0.717) is 6.61 Å². The highest BCUT2D eigenvalue weighted by Gasteiger charge is 2.20. The van der Waals surface area contributed by atoms with Crippen LogP contribution in [0.2, 0.25) is 0 Å². The summed E-state index contributed by atoms with van der Waals surface area (Å²) in [5.74, 6) is 0.835. The van der Waals surface area contributed by atoms with Gasteiger partial charge in [-0.05, 0) is 31.0 Å². The Kier molecular flexibility index (Phi) is 4.12. The van der Waals surface area contributed by atoms with Gasteiger partial charge in [-0.25, -0.2) is 0 Å². The zero-order chi connectivity index (χ0) is 11.3. The minimum atomic E-state index is -0.370. The fourth-order valence-corrected chi connectivity index (χ4v) is 1.44. The van der Waals surface area contributed by atoms with Gasteiger partial charge in [-0.15, -0.1) is 0 Å². The second-order valence-corrected chi connectivity index (χ2v) is 3.89. The lowest BCUT2D eigenvalue weighted by atomic mass is 9.90. The van der Waals surface area contributed by atoms with Crippen molar-refractivity contribution in [1.29, 1.82) is 0 Å². The van der Waals surface area contributed by atoms with E-state index in [2.05, 4.69) is 0 Å². The molecule has 0 aliphatic rings. The molecule has 0 aliphatic carbocycles. The second-order valence-electron chi connectivity index (χ2n) is 3.89.